The number of carboxylic acid groups (broad SMARTS) is 1. The molecule has 4 atom stereocenters. The number of carboxylic acids is 1. The van der Waals surface area contributed by atoms with Gasteiger partial charge in [0, 0.05) is 11.6 Å². The number of rotatable bonds is 5. The Hall–Kier alpha value is -4.62. The number of fused-ring (bicyclic) bond motifs is 2. The van der Waals surface area contributed by atoms with Gasteiger partial charge < -0.3 is 5.11 Å². The molecule has 2 fully saturated rings. The number of imide groups is 1. The van der Waals surface area contributed by atoms with Crippen LogP contribution in [0.3, 0.4) is 0 Å². The van der Waals surface area contributed by atoms with E-state index < -0.39 is 41.2 Å². The fourth-order valence-electron chi connectivity index (χ4n) is 6.08. The molecule has 7 heteroatoms. The molecule has 4 aromatic carbocycles. The second kappa shape index (κ2) is 8.75. The highest BCUT2D eigenvalue weighted by Crippen LogP contribution is 2.54. The van der Waals surface area contributed by atoms with Gasteiger partial charge in [-0.1, -0.05) is 72.8 Å². The molecule has 0 aromatic heterocycles. The Morgan fingerprint density at radius 2 is 1.47 bits per heavy atom. The van der Waals surface area contributed by atoms with E-state index in [1.165, 1.54) is 6.92 Å². The minimum atomic E-state index is -1.83. The van der Waals surface area contributed by atoms with Crippen molar-refractivity contribution in [2.75, 3.05) is 4.90 Å². The van der Waals surface area contributed by atoms with E-state index in [0.717, 1.165) is 21.2 Å². The van der Waals surface area contributed by atoms with Crippen molar-refractivity contribution in [3.8, 4) is 0 Å². The lowest BCUT2D eigenvalue weighted by Gasteiger charge is -2.32. The normalized spacial score (nSPS) is 24.6. The van der Waals surface area contributed by atoms with Gasteiger partial charge in [-0.3, -0.25) is 19.7 Å². The summed E-state index contributed by atoms with van der Waals surface area (Å²) >= 11 is 0. The molecule has 2 aliphatic heterocycles. The second-order valence-corrected chi connectivity index (χ2v) is 9.79. The van der Waals surface area contributed by atoms with E-state index in [1.54, 1.807) is 54.6 Å². The molecule has 0 bridgehead atoms. The number of Topliss-reactive ketones (excluding diaryl/α,β-unsaturated/α-hetero) is 1. The molecule has 2 amide bonds. The Bertz CT molecular complexity index is 1610. The predicted molar refractivity (Wildman–Crippen MR) is 141 cm³/mol. The van der Waals surface area contributed by atoms with Gasteiger partial charge in [-0.25, -0.2) is 9.69 Å². The molecule has 2 aliphatic rings. The molecule has 0 aliphatic carbocycles. The quantitative estimate of drug-likeness (QED) is 0.307. The third-order valence-electron chi connectivity index (χ3n) is 7.82. The van der Waals surface area contributed by atoms with Crippen LogP contribution in [-0.4, -0.2) is 28.7 Å². The second-order valence-electron chi connectivity index (χ2n) is 9.79. The standard InChI is InChI=1S/C31H24N2O5/c1-18(34)19-14-16-22(17-15-19)33-28(35)25-26(29(33)36)31(30(37)38,21-10-3-2-4-11-21)32-27(25)24-13-7-9-20-8-5-6-12-23(20)24/h2-17,25-27,32H,1H3,(H,37,38). The molecule has 6 rings (SSSR count). The van der Waals surface area contributed by atoms with Crippen molar-refractivity contribution in [1.82, 2.24) is 5.32 Å². The van der Waals surface area contributed by atoms with Crippen LogP contribution in [0.1, 0.15) is 34.5 Å². The van der Waals surface area contributed by atoms with Gasteiger partial charge in [0.05, 0.1) is 17.5 Å². The van der Waals surface area contributed by atoms with Gasteiger partial charge in [-0.2, -0.15) is 0 Å². The highest BCUT2D eigenvalue weighted by molar-refractivity contribution is 6.24. The van der Waals surface area contributed by atoms with Crippen LogP contribution in [0, 0.1) is 11.8 Å². The van der Waals surface area contributed by atoms with Crippen molar-refractivity contribution in [2.24, 2.45) is 11.8 Å². The smallest absolute Gasteiger partial charge is 0.329 e. The Kier molecular flexibility index (Phi) is 5.47. The molecule has 4 unspecified atom stereocenters. The summed E-state index contributed by atoms with van der Waals surface area (Å²) in [6.07, 6.45) is 0. The molecule has 2 saturated heterocycles. The van der Waals surface area contributed by atoms with Crippen LogP contribution >= 0.6 is 0 Å². The van der Waals surface area contributed by atoms with Crippen molar-refractivity contribution < 1.29 is 24.3 Å². The van der Waals surface area contributed by atoms with Gasteiger partial charge in [-0.15, -0.1) is 0 Å². The fraction of sp³-hybridized carbons (Fsp3) is 0.161. The zero-order chi connectivity index (χ0) is 26.6. The highest BCUT2D eigenvalue weighted by Gasteiger charge is 2.69. The zero-order valence-electron chi connectivity index (χ0n) is 20.5. The molecule has 0 spiro atoms. The summed E-state index contributed by atoms with van der Waals surface area (Å²) in [5.41, 5.74) is 0.0946. The van der Waals surface area contributed by atoms with E-state index in [-0.39, 0.29) is 5.78 Å². The molecule has 38 heavy (non-hydrogen) atoms. The number of ketones is 1. The fourth-order valence-corrected chi connectivity index (χ4v) is 6.08. The SMILES string of the molecule is CC(=O)c1ccc(N2C(=O)C3C(c4cccc5ccccc45)NC(C(=O)O)(c4ccccc4)C3C2=O)cc1. The van der Waals surface area contributed by atoms with Crippen LogP contribution in [0.2, 0.25) is 0 Å². The maximum atomic E-state index is 14.1. The first-order chi connectivity index (χ1) is 18.3. The molecule has 4 aromatic rings. The first-order valence-corrected chi connectivity index (χ1v) is 12.4. The topological polar surface area (TPSA) is 104 Å². The van der Waals surface area contributed by atoms with Crippen LogP contribution < -0.4 is 10.2 Å². The first kappa shape index (κ1) is 23.8. The maximum absolute atomic E-state index is 14.1. The number of amides is 2. The zero-order valence-corrected chi connectivity index (χ0v) is 20.5. The summed E-state index contributed by atoms with van der Waals surface area (Å²) in [6.45, 7) is 1.44. The van der Waals surface area contributed by atoms with Crippen molar-refractivity contribution in [3.05, 3.63) is 114 Å². The number of carbonyl (C=O) groups excluding carboxylic acids is 3. The Morgan fingerprint density at radius 1 is 0.816 bits per heavy atom. The Morgan fingerprint density at radius 3 is 2.16 bits per heavy atom. The minimum Gasteiger partial charge on any atom is -0.480 e. The third kappa shape index (κ3) is 3.32. The number of carbonyl (C=O) groups is 4. The number of hydrogen-bond acceptors (Lipinski definition) is 5. The van der Waals surface area contributed by atoms with Crippen LogP contribution in [-0.2, 0) is 19.9 Å². The summed E-state index contributed by atoms with van der Waals surface area (Å²) in [4.78, 5) is 54.2. The lowest BCUT2D eigenvalue weighted by molar-refractivity contribution is -0.149. The highest BCUT2D eigenvalue weighted by atomic mass is 16.4. The largest absolute Gasteiger partial charge is 0.480 e. The molecular formula is C31H24N2O5. The monoisotopic (exact) mass is 504 g/mol. The number of benzene rings is 4. The summed E-state index contributed by atoms with van der Waals surface area (Å²) in [5.74, 6) is -4.57. The Balaban J connectivity index is 1.56. The van der Waals surface area contributed by atoms with Gasteiger partial charge in [0.25, 0.3) is 0 Å². The molecule has 2 heterocycles. The lowest BCUT2D eigenvalue weighted by Crippen LogP contribution is -2.53. The third-order valence-corrected chi connectivity index (χ3v) is 7.82. The van der Waals surface area contributed by atoms with E-state index in [9.17, 15) is 24.3 Å². The van der Waals surface area contributed by atoms with Gasteiger partial charge >= 0.3 is 5.97 Å². The van der Waals surface area contributed by atoms with Gasteiger partial charge in [0.2, 0.25) is 11.8 Å². The molecule has 2 N–H and O–H groups in total. The van der Waals surface area contributed by atoms with Gasteiger partial charge in [0.15, 0.2) is 11.3 Å². The van der Waals surface area contributed by atoms with Crippen LogP contribution in [0.4, 0.5) is 5.69 Å². The van der Waals surface area contributed by atoms with Crippen molar-refractivity contribution in [2.45, 2.75) is 18.5 Å². The van der Waals surface area contributed by atoms with Crippen molar-refractivity contribution in [1.29, 1.82) is 0 Å². The molecule has 0 saturated carbocycles. The van der Waals surface area contributed by atoms with E-state index in [0.29, 0.717) is 16.8 Å². The van der Waals surface area contributed by atoms with Crippen LogP contribution in [0.25, 0.3) is 10.8 Å². The number of hydrogen-bond donors (Lipinski definition) is 2. The van der Waals surface area contributed by atoms with Crippen molar-refractivity contribution >= 4 is 40.0 Å². The summed E-state index contributed by atoms with van der Waals surface area (Å²) in [5, 5.41) is 15.8. The maximum Gasteiger partial charge on any atom is 0.329 e. The van der Waals surface area contributed by atoms with Crippen LogP contribution in [0.15, 0.2) is 97.1 Å². The number of aliphatic carboxylic acids is 1. The van der Waals surface area contributed by atoms with E-state index in [1.807, 2.05) is 42.5 Å². The average Bonchev–Trinajstić information content (AvgIpc) is 3.43. The number of anilines is 1. The molecule has 7 nitrogen and oxygen atoms in total. The van der Waals surface area contributed by atoms with Crippen LogP contribution in [0.5, 0.6) is 0 Å². The van der Waals surface area contributed by atoms with E-state index in [4.69, 9.17) is 0 Å². The first-order valence-electron chi connectivity index (χ1n) is 12.4. The average molecular weight is 505 g/mol. The Labute approximate surface area is 218 Å². The number of nitrogens with one attached hydrogen (secondary N) is 1. The molecular weight excluding hydrogens is 480 g/mol. The van der Waals surface area contributed by atoms with Gasteiger partial charge in [-0.05, 0) is 53.1 Å². The summed E-state index contributed by atoms with van der Waals surface area (Å²) in [7, 11) is 0. The molecule has 0 radical (unpaired) electrons. The number of nitrogens with zero attached hydrogens (tertiary/aromatic N) is 1. The summed E-state index contributed by atoms with van der Waals surface area (Å²) < 4.78 is 0. The lowest BCUT2D eigenvalue weighted by atomic mass is 9.75. The van der Waals surface area contributed by atoms with E-state index >= 15 is 0 Å². The van der Waals surface area contributed by atoms with E-state index in [2.05, 4.69) is 5.32 Å². The molecule has 188 valence electrons. The minimum absolute atomic E-state index is 0.137. The van der Waals surface area contributed by atoms with Gasteiger partial charge in [0.1, 0.15) is 0 Å². The summed E-state index contributed by atoms with van der Waals surface area (Å²) in [6, 6.07) is 27.5. The van der Waals surface area contributed by atoms with Crippen molar-refractivity contribution in [3.63, 3.8) is 0 Å². The predicted octanol–water partition coefficient (Wildman–Crippen LogP) is 4.47.